The zero-order valence-corrected chi connectivity index (χ0v) is 13.7. The third-order valence-electron chi connectivity index (χ3n) is 2.77. The molecule has 0 atom stereocenters. The lowest BCUT2D eigenvalue weighted by atomic mass is 10.2. The van der Waals surface area contributed by atoms with E-state index < -0.39 is 10.0 Å². The van der Waals surface area contributed by atoms with E-state index in [2.05, 4.69) is 4.72 Å². The molecule has 114 valence electrons. The van der Waals surface area contributed by atoms with Gasteiger partial charge in [0.05, 0.1) is 5.75 Å². The van der Waals surface area contributed by atoms with Gasteiger partial charge in [-0.15, -0.1) is 0 Å². The smallest absolute Gasteiger partial charge is 0.214 e. The van der Waals surface area contributed by atoms with Gasteiger partial charge in [-0.25, -0.2) is 13.1 Å². The first-order chi connectivity index (χ1) is 9.24. The van der Waals surface area contributed by atoms with Crippen LogP contribution in [0.15, 0.2) is 24.3 Å². The summed E-state index contributed by atoms with van der Waals surface area (Å²) in [6, 6.07) is 6.85. The Morgan fingerprint density at radius 3 is 2.45 bits per heavy atom. The molecule has 0 saturated carbocycles. The molecule has 0 heterocycles. The molecular formula is C13H22N2O3S2. The molecule has 0 amide bonds. The van der Waals surface area contributed by atoms with Crippen LogP contribution in [0.4, 0.5) is 5.69 Å². The van der Waals surface area contributed by atoms with Crippen molar-refractivity contribution >= 4 is 27.5 Å². The largest absolute Gasteiger partial charge is 0.492 e. The van der Waals surface area contributed by atoms with Crippen molar-refractivity contribution in [3.63, 3.8) is 0 Å². The normalized spacial score (nSPS) is 12.3. The molecule has 0 aliphatic carbocycles. The summed E-state index contributed by atoms with van der Waals surface area (Å²) in [6.07, 6.45) is 1.96. The number of anilines is 1. The lowest BCUT2D eigenvalue weighted by molar-refractivity contribution is 0.340. The molecule has 0 unspecified atom stereocenters. The van der Waals surface area contributed by atoms with Crippen LogP contribution in [0.3, 0.4) is 0 Å². The van der Waals surface area contributed by atoms with Gasteiger partial charge in [0.25, 0.3) is 0 Å². The first-order valence-corrected chi connectivity index (χ1v) is 9.13. The third-order valence-corrected chi connectivity index (χ3v) is 5.31. The van der Waals surface area contributed by atoms with Crippen LogP contribution in [-0.4, -0.2) is 38.3 Å². The van der Waals surface area contributed by atoms with Crippen molar-refractivity contribution in [3.05, 3.63) is 24.3 Å². The molecule has 0 saturated heterocycles. The van der Waals surface area contributed by atoms with Crippen molar-refractivity contribution < 1.29 is 13.2 Å². The lowest BCUT2D eigenvalue weighted by Gasteiger charge is -2.22. The van der Waals surface area contributed by atoms with Crippen LogP contribution in [0.25, 0.3) is 0 Å². The van der Waals surface area contributed by atoms with E-state index in [1.807, 2.05) is 20.1 Å². The van der Waals surface area contributed by atoms with Gasteiger partial charge < -0.3 is 10.5 Å². The quantitative estimate of drug-likeness (QED) is 0.713. The minimum Gasteiger partial charge on any atom is -0.492 e. The van der Waals surface area contributed by atoms with Gasteiger partial charge in [-0.05, 0) is 44.4 Å². The van der Waals surface area contributed by atoms with Gasteiger partial charge in [0.2, 0.25) is 10.0 Å². The molecule has 0 bridgehead atoms. The third kappa shape index (κ3) is 6.49. The van der Waals surface area contributed by atoms with Gasteiger partial charge in [0.15, 0.2) is 0 Å². The predicted molar refractivity (Wildman–Crippen MR) is 85.7 cm³/mol. The summed E-state index contributed by atoms with van der Waals surface area (Å²) >= 11 is 1.62. The molecular weight excluding hydrogens is 296 g/mol. The molecule has 0 aliphatic rings. The maximum Gasteiger partial charge on any atom is 0.214 e. The number of ether oxygens (including phenoxy) is 1. The summed E-state index contributed by atoms with van der Waals surface area (Å²) in [5.41, 5.74) is 6.20. The van der Waals surface area contributed by atoms with Crippen LogP contribution in [0, 0.1) is 0 Å². The first kappa shape index (κ1) is 17.1. The van der Waals surface area contributed by atoms with E-state index in [-0.39, 0.29) is 17.1 Å². The molecule has 0 fully saturated rings. The predicted octanol–water partition coefficient (Wildman–Crippen LogP) is 1.71. The van der Waals surface area contributed by atoms with Crippen LogP contribution in [-0.2, 0) is 10.0 Å². The molecule has 0 spiro atoms. The summed E-state index contributed by atoms with van der Waals surface area (Å²) in [6.45, 7) is 4.49. The van der Waals surface area contributed by atoms with Crippen LogP contribution < -0.4 is 15.2 Å². The molecule has 0 radical (unpaired) electrons. The standard InChI is InChI=1S/C13H22N2O3S2/c1-13(2,19-3)10-15-20(16,17)9-8-18-12-6-4-11(14)5-7-12/h4-7,15H,8-10,14H2,1-3H3. The first-order valence-electron chi connectivity index (χ1n) is 6.25. The van der Waals surface area contributed by atoms with Crippen LogP contribution in [0.5, 0.6) is 5.75 Å². The van der Waals surface area contributed by atoms with Crippen LogP contribution in [0.1, 0.15) is 13.8 Å². The highest BCUT2D eigenvalue weighted by molar-refractivity contribution is 8.00. The maximum absolute atomic E-state index is 11.8. The Labute approximate surface area is 125 Å². The summed E-state index contributed by atoms with van der Waals surface area (Å²) in [5.74, 6) is 0.542. The number of nitrogens with one attached hydrogen (secondary N) is 1. The van der Waals surface area contributed by atoms with E-state index in [9.17, 15) is 8.42 Å². The van der Waals surface area contributed by atoms with Gasteiger partial charge >= 0.3 is 0 Å². The van der Waals surface area contributed by atoms with Crippen molar-refractivity contribution in [2.24, 2.45) is 0 Å². The molecule has 3 N–H and O–H groups in total. The second-order valence-corrected chi connectivity index (χ2v) is 8.46. The minimum absolute atomic E-state index is 0.0676. The molecule has 1 aromatic rings. The highest BCUT2D eigenvalue weighted by Crippen LogP contribution is 2.19. The van der Waals surface area contributed by atoms with E-state index in [1.54, 1.807) is 36.0 Å². The highest BCUT2D eigenvalue weighted by Gasteiger charge is 2.19. The van der Waals surface area contributed by atoms with E-state index in [0.717, 1.165) is 0 Å². The fourth-order valence-electron chi connectivity index (χ4n) is 1.26. The summed E-state index contributed by atoms with van der Waals surface area (Å²) < 4.78 is 31.5. The number of nitrogen functional groups attached to an aromatic ring is 1. The van der Waals surface area contributed by atoms with E-state index in [0.29, 0.717) is 18.0 Å². The Kier molecular flexibility index (Phi) is 6.16. The monoisotopic (exact) mass is 318 g/mol. The number of rotatable bonds is 8. The number of hydrogen-bond donors (Lipinski definition) is 2. The molecule has 0 aromatic heterocycles. The molecule has 7 heteroatoms. The maximum atomic E-state index is 11.8. The summed E-state index contributed by atoms with van der Waals surface area (Å²) in [4.78, 5) is 0. The number of nitrogens with two attached hydrogens (primary N) is 1. The Morgan fingerprint density at radius 1 is 1.30 bits per heavy atom. The lowest BCUT2D eigenvalue weighted by Crippen LogP contribution is -2.38. The second-order valence-electron chi connectivity index (χ2n) is 5.02. The molecule has 0 aliphatic heterocycles. The number of thioether (sulfide) groups is 1. The fraction of sp³-hybridized carbons (Fsp3) is 0.538. The van der Waals surface area contributed by atoms with Gasteiger partial charge in [0.1, 0.15) is 12.4 Å². The van der Waals surface area contributed by atoms with Crippen molar-refractivity contribution in [2.75, 3.05) is 30.9 Å². The number of benzene rings is 1. The van der Waals surface area contributed by atoms with Crippen molar-refractivity contribution in [1.29, 1.82) is 0 Å². The zero-order chi connectivity index (χ0) is 15.2. The van der Waals surface area contributed by atoms with Crippen molar-refractivity contribution in [2.45, 2.75) is 18.6 Å². The molecule has 1 rings (SSSR count). The number of hydrogen-bond acceptors (Lipinski definition) is 5. The average Bonchev–Trinajstić information content (AvgIpc) is 2.39. The van der Waals surface area contributed by atoms with Gasteiger partial charge in [-0.1, -0.05) is 0 Å². The fourth-order valence-corrected chi connectivity index (χ4v) is 2.60. The highest BCUT2D eigenvalue weighted by atomic mass is 32.2. The van der Waals surface area contributed by atoms with Gasteiger partial charge in [-0.3, -0.25) is 0 Å². The Morgan fingerprint density at radius 2 is 1.90 bits per heavy atom. The molecule has 1 aromatic carbocycles. The Bertz CT molecular complexity index is 513. The Balaban J connectivity index is 2.38. The topological polar surface area (TPSA) is 81.4 Å². The zero-order valence-electron chi connectivity index (χ0n) is 12.0. The minimum atomic E-state index is -3.32. The molecule has 5 nitrogen and oxygen atoms in total. The second kappa shape index (κ2) is 7.19. The van der Waals surface area contributed by atoms with Crippen LogP contribution >= 0.6 is 11.8 Å². The van der Waals surface area contributed by atoms with E-state index in [1.165, 1.54) is 0 Å². The Hall–Kier alpha value is -0.920. The van der Waals surface area contributed by atoms with E-state index in [4.69, 9.17) is 10.5 Å². The summed E-state index contributed by atoms with van der Waals surface area (Å²) in [5, 5.41) is 0. The average molecular weight is 318 g/mol. The van der Waals surface area contributed by atoms with Gasteiger partial charge in [-0.2, -0.15) is 11.8 Å². The summed E-state index contributed by atoms with van der Waals surface area (Å²) in [7, 11) is -3.32. The molecule has 20 heavy (non-hydrogen) atoms. The number of sulfonamides is 1. The van der Waals surface area contributed by atoms with Gasteiger partial charge in [0, 0.05) is 17.0 Å². The van der Waals surface area contributed by atoms with Crippen molar-refractivity contribution in [1.82, 2.24) is 4.72 Å². The SMILES string of the molecule is CSC(C)(C)CNS(=O)(=O)CCOc1ccc(N)cc1. The van der Waals surface area contributed by atoms with Crippen molar-refractivity contribution in [3.8, 4) is 5.75 Å². The van der Waals surface area contributed by atoms with E-state index >= 15 is 0 Å². The van der Waals surface area contributed by atoms with Crippen LogP contribution in [0.2, 0.25) is 0 Å².